The molecule has 0 aliphatic carbocycles. The molecule has 0 atom stereocenters. The first-order chi connectivity index (χ1) is 8.58. The van der Waals surface area contributed by atoms with Crippen molar-refractivity contribution >= 4 is 11.5 Å². The quantitative estimate of drug-likeness (QED) is 0.663. The summed E-state index contributed by atoms with van der Waals surface area (Å²) in [6.45, 7) is 0. The number of benzene rings is 1. The van der Waals surface area contributed by atoms with Gasteiger partial charge in [0.05, 0.1) is 5.69 Å². The normalized spacial score (nSPS) is 10.6. The molecule has 0 aliphatic heterocycles. The zero-order chi connectivity index (χ0) is 13.1. The largest absolute Gasteiger partial charge is 0.396 e. The van der Waals surface area contributed by atoms with E-state index < -0.39 is 5.82 Å². The summed E-state index contributed by atoms with van der Waals surface area (Å²) in [5.74, 6) is 0.161. The SMILES string of the molecule is Cn1ccnc1CCC(=O)c1ccc(N)c(F)c1. The van der Waals surface area contributed by atoms with Gasteiger partial charge >= 0.3 is 0 Å². The topological polar surface area (TPSA) is 60.9 Å². The summed E-state index contributed by atoms with van der Waals surface area (Å²) in [5, 5.41) is 0. The van der Waals surface area contributed by atoms with E-state index in [1.54, 1.807) is 12.3 Å². The highest BCUT2D eigenvalue weighted by atomic mass is 19.1. The lowest BCUT2D eigenvalue weighted by Gasteiger charge is -2.03. The standard InChI is InChI=1S/C13H14FN3O/c1-17-7-6-16-13(17)5-4-12(18)9-2-3-11(15)10(14)8-9/h2-3,6-8H,4-5,15H2,1H3. The van der Waals surface area contributed by atoms with E-state index in [2.05, 4.69) is 4.98 Å². The maximum absolute atomic E-state index is 13.2. The number of aryl methyl sites for hydroxylation is 2. The van der Waals surface area contributed by atoms with Crippen LogP contribution in [-0.4, -0.2) is 15.3 Å². The summed E-state index contributed by atoms with van der Waals surface area (Å²) in [6.07, 6.45) is 4.34. The first kappa shape index (κ1) is 12.3. The number of halogens is 1. The van der Waals surface area contributed by atoms with Crippen molar-refractivity contribution in [3.63, 3.8) is 0 Å². The van der Waals surface area contributed by atoms with Crippen molar-refractivity contribution in [3.05, 3.63) is 47.8 Å². The predicted molar refractivity (Wildman–Crippen MR) is 66.7 cm³/mol. The van der Waals surface area contributed by atoms with E-state index >= 15 is 0 Å². The molecule has 2 rings (SSSR count). The molecular formula is C13H14FN3O. The maximum Gasteiger partial charge on any atom is 0.163 e. The predicted octanol–water partition coefficient (Wildman–Crippen LogP) is 1.96. The maximum atomic E-state index is 13.2. The van der Waals surface area contributed by atoms with Crippen molar-refractivity contribution in [2.75, 3.05) is 5.73 Å². The number of aromatic nitrogens is 2. The van der Waals surface area contributed by atoms with Crippen LogP contribution in [0.3, 0.4) is 0 Å². The Morgan fingerprint density at radius 2 is 2.28 bits per heavy atom. The van der Waals surface area contributed by atoms with E-state index in [1.807, 2.05) is 17.8 Å². The van der Waals surface area contributed by atoms with Crippen LogP contribution in [0.4, 0.5) is 10.1 Å². The van der Waals surface area contributed by atoms with Crippen molar-refractivity contribution in [2.45, 2.75) is 12.8 Å². The van der Waals surface area contributed by atoms with Gasteiger partial charge in [0.1, 0.15) is 11.6 Å². The van der Waals surface area contributed by atoms with Crippen LogP contribution in [-0.2, 0) is 13.5 Å². The summed E-state index contributed by atoms with van der Waals surface area (Å²) in [4.78, 5) is 16.0. The van der Waals surface area contributed by atoms with Crippen LogP contribution >= 0.6 is 0 Å². The van der Waals surface area contributed by atoms with Gasteiger partial charge in [-0.2, -0.15) is 0 Å². The number of hydrogen-bond acceptors (Lipinski definition) is 3. The molecule has 0 saturated carbocycles. The number of carbonyl (C=O) groups is 1. The summed E-state index contributed by atoms with van der Waals surface area (Å²) >= 11 is 0. The van der Waals surface area contributed by atoms with Gasteiger partial charge < -0.3 is 10.3 Å². The minimum Gasteiger partial charge on any atom is -0.396 e. The van der Waals surface area contributed by atoms with Crippen LogP contribution in [0.15, 0.2) is 30.6 Å². The first-order valence-corrected chi connectivity index (χ1v) is 5.62. The van der Waals surface area contributed by atoms with Gasteiger partial charge in [0, 0.05) is 37.8 Å². The first-order valence-electron chi connectivity index (χ1n) is 5.62. The molecule has 18 heavy (non-hydrogen) atoms. The molecule has 0 spiro atoms. The summed E-state index contributed by atoms with van der Waals surface area (Å²) < 4.78 is 15.1. The Bertz CT molecular complexity index is 577. The Labute approximate surface area is 104 Å². The lowest BCUT2D eigenvalue weighted by atomic mass is 10.1. The van der Waals surface area contributed by atoms with Gasteiger partial charge in [-0.3, -0.25) is 4.79 Å². The number of anilines is 1. The molecule has 2 aromatic rings. The van der Waals surface area contributed by atoms with Gasteiger partial charge in [-0.25, -0.2) is 9.37 Å². The molecule has 0 saturated heterocycles. The molecule has 4 nitrogen and oxygen atoms in total. The van der Waals surface area contributed by atoms with Gasteiger partial charge in [0.2, 0.25) is 0 Å². The fourth-order valence-corrected chi connectivity index (χ4v) is 1.71. The number of nitrogens with two attached hydrogens (primary N) is 1. The van der Waals surface area contributed by atoms with Gasteiger partial charge in [-0.15, -0.1) is 0 Å². The average Bonchev–Trinajstić information content (AvgIpc) is 2.75. The lowest BCUT2D eigenvalue weighted by molar-refractivity contribution is 0.0981. The van der Waals surface area contributed by atoms with Crippen molar-refractivity contribution in [1.82, 2.24) is 9.55 Å². The Morgan fingerprint density at radius 3 is 2.89 bits per heavy atom. The Morgan fingerprint density at radius 1 is 1.50 bits per heavy atom. The Kier molecular flexibility index (Phi) is 3.41. The molecule has 0 amide bonds. The molecule has 0 radical (unpaired) electrons. The van der Waals surface area contributed by atoms with Gasteiger partial charge in [-0.05, 0) is 18.2 Å². The van der Waals surface area contributed by atoms with Crippen molar-refractivity contribution < 1.29 is 9.18 Å². The highest BCUT2D eigenvalue weighted by Crippen LogP contribution is 2.14. The monoisotopic (exact) mass is 247 g/mol. The van der Waals surface area contributed by atoms with E-state index in [-0.39, 0.29) is 11.5 Å². The molecule has 0 unspecified atom stereocenters. The highest BCUT2D eigenvalue weighted by molar-refractivity contribution is 5.96. The molecule has 0 aliphatic rings. The zero-order valence-corrected chi connectivity index (χ0v) is 10.1. The minimum atomic E-state index is -0.558. The van der Waals surface area contributed by atoms with Crippen LogP contribution in [0.5, 0.6) is 0 Å². The number of imidazole rings is 1. The highest BCUT2D eigenvalue weighted by Gasteiger charge is 2.10. The summed E-state index contributed by atoms with van der Waals surface area (Å²) in [5.41, 5.74) is 5.76. The number of Topliss-reactive ketones (excluding diaryl/α,β-unsaturated/α-hetero) is 1. The second-order valence-electron chi connectivity index (χ2n) is 4.11. The van der Waals surface area contributed by atoms with Gasteiger partial charge in [-0.1, -0.05) is 0 Å². The number of nitrogen functional groups attached to an aromatic ring is 1. The lowest BCUT2D eigenvalue weighted by Crippen LogP contribution is -2.05. The molecular weight excluding hydrogens is 233 g/mol. The van der Waals surface area contributed by atoms with Crippen LogP contribution in [0, 0.1) is 5.82 Å². The summed E-state index contributed by atoms with van der Waals surface area (Å²) in [6, 6.07) is 4.12. The van der Waals surface area contributed by atoms with E-state index in [1.165, 1.54) is 12.1 Å². The third-order valence-corrected chi connectivity index (χ3v) is 2.82. The van der Waals surface area contributed by atoms with Crippen LogP contribution in [0.1, 0.15) is 22.6 Å². The fraction of sp³-hybridized carbons (Fsp3) is 0.231. The third kappa shape index (κ3) is 2.56. The smallest absolute Gasteiger partial charge is 0.163 e. The van der Waals surface area contributed by atoms with Gasteiger partial charge in [0.25, 0.3) is 0 Å². The molecule has 0 bridgehead atoms. The number of nitrogens with zero attached hydrogens (tertiary/aromatic N) is 2. The van der Waals surface area contributed by atoms with E-state index in [0.29, 0.717) is 18.4 Å². The van der Waals surface area contributed by atoms with Crippen LogP contribution < -0.4 is 5.73 Å². The second kappa shape index (κ2) is 5.00. The minimum absolute atomic E-state index is 0.0515. The van der Waals surface area contributed by atoms with Crippen molar-refractivity contribution in [2.24, 2.45) is 7.05 Å². The average molecular weight is 247 g/mol. The molecule has 0 fully saturated rings. The number of rotatable bonds is 4. The number of ketones is 1. The molecule has 5 heteroatoms. The van der Waals surface area contributed by atoms with Crippen LogP contribution in [0.2, 0.25) is 0 Å². The Balaban J connectivity index is 2.04. The molecule has 1 aromatic heterocycles. The summed E-state index contributed by atoms with van der Waals surface area (Å²) in [7, 11) is 1.87. The Hall–Kier alpha value is -2.17. The number of hydrogen-bond donors (Lipinski definition) is 1. The molecule has 94 valence electrons. The van der Waals surface area contributed by atoms with Crippen molar-refractivity contribution in [3.8, 4) is 0 Å². The van der Waals surface area contributed by atoms with E-state index in [0.717, 1.165) is 5.82 Å². The molecule has 1 heterocycles. The molecule has 1 aromatic carbocycles. The van der Waals surface area contributed by atoms with E-state index in [4.69, 9.17) is 5.73 Å². The van der Waals surface area contributed by atoms with Gasteiger partial charge in [0.15, 0.2) is 5.78 Å². The second-order valence-corrected chi connectivity index (χ2v) is 4.11. The van der Waals surface area contributed by atoms with E-state index in [9.17, 15) is 9.18 Å². The zero-order valence-electron chi connectivity index (χ0n) is 10.1. The number of carbonyl (C=O) groups excluding carboxylic acids is 1. The van der Waals surface area contributed by atoms with Crippen LogP contribution in [0.25, 0.3) is 0 Å². The fourth-order valence-electron chi connectivity index (χ4n) is 1.71. The third-order valence-electron chi connectivity index (χ3n) is 2.82. The van der Waals surface area contributed by atoms with Crippen molar-refractivity contribution in [1.29, 1.82) is 0 Å². The molecule has 2 N–H and O–H groups in total.